The highest BCUT2D eigenvalue weighted by molar-refractivity contribution is 6.13. The summed E-state index contributed by atoms with van der Waals surface area (Å²) in [4.78, 5) is 0. The fraction of sp³-hybridized carbons (Fsp3) is 0. The maximum absolute atomic E-state index is 2.39. The first-order valence-electron chi connectivity index (χ1n) is 10.7. The van der Waals surface area contributed by atoms with Gasteiger partial charge in [-0.25, -0.2) is 0 Å². The molecule has 6 aromatic carbocycles. The highest BCUT2D eigenvalue weighted by atomic mass is 15.0. The van der Waals surface area contributed by atoms with Crippen LogP contribution >= 0.6 is 0 Å². The van der Waals surface area contributed by atoms with E-state index in [9.17, 15) is 0 Å². The average Bonchev–Trinajstić information content (AvgIpc) is 3.17. The van der Waals surface area contributed by atoms with E-state index in [1.165, 1.54) is 59.8 Å². The van der Waals surface area contributed by atoms with Gasteiger partial charge in [-0.2, -0.15) is 0 Å². The molecule has 0 saturated carbocycles. The van der Waals surface area contributed by atoms with Gasteiger partial charge in [0, 0.05) is 16.5 Å². The molecule has 0 unspecified atom stereocenters. The van der Waals surface area contributed by atoms with Crippen molar-refractivity contribution in [2.45, 2.75) is 0 Å². The Kier molecular flexibility index (Phi) is 3.33. The molecule has 0 saturated heterocycles. The van der Waals surface area contributed by atoms with Crippen molar-refractivity contribution >= 4 is 54.1 Å². The molecule has 0 aliphatic rings. The number of para-hydroxylation sites is 2. The molecule has 31 heavy (non-hydrogen) atoms. The van der Waals surface area contributed by atoms with Crippen molar-refractivity contribution in [3.05, 3.63) is 115 Å². The number of hydrogen-bond donors (Lipinski definition) is 0. The van der Waals surface area contributed by atoms with Crippen LogP contribution in [0, 0.1) is 0 Å². The molecule has 0 N–H and O–H groups in total. The number of fused-ring (bicyclic) bond motifs is 7. The van der Waals surface area contributed by atoms with E-state index in [0.29, 0.717) is 0 Å². The van der Waals surface area contributed by atoms with Crippen LogP contribution in [0.4, 0.5) is 0 Å². The van der Waals surface area contributed by atoms with Gasteiger partial charge in [-0.3, -0.25) is 0 Å². The van der Waals surface area contributed by atoms with Crippen LogP contribution in [0.25, 0.3) is 59.8 Å². The Labute approximate surface area is 179 Å². The third-order valence-electron chi connectivity index (χ3n) is 6.53. The molecule has 1 heterocycles. The summed E-state index contributed by atoms with van der Waals surface area (Å²) in [5.74, 6) is 0. The number of rotatable bonds is 1. The van der Waals surface area contributed by atoms with Gasteiger partial charge in [-0.15, -0.1) is 0 Å². The molecule has 0 bridgehead atoms. The van der Waals surface area contributed by atoms with Crippen LogP contribution in [0.1, 0.15) is 0 Å². The summed E-state index contributed by atoms with van der Waals surface area (Å²) in [7, 11) is 0. The van der Waals surface area contributed by atoms with Crippen molar-refractivity contribution in [3.8, 4) is 5.69 Å². The first-order chi connectivity index (χ1) is 15.4. The normalized spacial score (nSPS) is 11.9. The minimum atomic E-state index is 1.20. The van der Waals surface area contributed by atoms with Gasteiger partial charge < -0.3 is 4.57 Å². The second kappa shape index (κ2) is 6.20. The largest absolute Gasteiger partial charge is 0.309 e. The summed E-state index contributed by atoms with van der Waals surface area (Å²) in [6.45, 7) is 0. The summed E-state index contributed by atoms with van der Waals surface area (Å²) >= 11 is 0. The topological polar surface area (TPSA) is 4.93 Å². The van der Waals surface area contributed by atoms with Gasteiger partial charge in [0.2, 0.25) is 0 Å². The van der Waals surface area contributed by atoms with Crippen LogP contribution in [-0.4, -0.2) is 4.57 Å². The Bertz CT molecular complexity index is 1730. The van der Waals surface area contributed by atoms with E-state index in [4.69, 9.17) is 0 Å². The van der Waals surface area contributed by atoms with E-state index in [0.717, 1.165) is 0 Å². The lowest BCUT2D eigenvalue weighted by atomic mass is 9.98. The molecule has 144 valence electrons. The highest BCUT2D eigenvalue weighted by Crippen LogP contribution is 2.35. The first-order valence-corrected chi connectivity index (χ1v) is 10.7. The molecule has 0 spiro atoms. The van der Waals surface area contributed by atoms with Crippen LogP contribution in [-0.2, 0) is 0 Å². The smallest absolute Gasteiger partial charge is 0.0541 e. The second-order valence-electron chi connectivity index (χ2n) is 8.26. The predicted molar refractivity (Wildman–Crippen MR) is 133 cm³/mol. The molecule has 0 atom stereocenters. The van der Waals surface area contributed by atoms with Gasteiger partial charge in [0.25, 0.3) is 0 Å². The van der Waals surface area contributed by atoms with Crippen LogP contribution in [0.15, 0.2) is 115 Å². The van der Waals surface area contributed by atoms with Crippen molar-refractivity contribution in [3.63, 3.8) is 0 Å². The molecule has 0 fully saturated rings. The molecule has 0 radical (unpaired) electrons. The van der Waals surface area contributed by atoms with E-state index in [1.54, 1.807) is 0 Å². The zero-order chi connectivity index (χ0) is 20.4. The molecule has 7 rings (SSSR count). The zero-order valence-electron chi connectivity index (χ0n) is 16.9. The minimum Gasteiger partial charge on any atom is -0.309 e. The third kappa shape index (κ3) is 2.38. The van der Waals surface area contributed by atoms with Gasteiger partial charge in [0.05, 0.1) is 11.0 Å². The van der Waals surface area contributed by atoms with Crippen molar-refractivity contribution in [1.82, 2.24) is 4.57 Å². The Morgan fingerprint density at radius 3 is 1.65 bits per heavy atom. The Morgan fingerprint density at radius 2 is 0.903 bits per heavy atom. The fourth-order valence-electron chi connectivity index (χ4n) is 5.07. The zero-order valence-corrected chi connectivity index (χ0v) is 16.9. The molecule has 1 heteroatoms. The molecule has 7 aromatic rings. The van der Waals surface area contributed by atoms with Crippen molar-refractivity contribution in [2.24, 2.45) is 0 Å². The number of nitrogens with zero attached hydrogens (tertiary/aromatic N) is 1. The molecular weight excluding hydrogens is 374 g/mol. The Morgan fingerprint density at radius 1 is 0.355 bits per heavy atom. The highest BCUT2D eigenvalue weighted by Gasteiger charge is 2.12. The standard InChI is InChI=1S/C30H19N/c1-2-8-22-18-27-23(17-21(22)7-1)14-13-20-15-16-24(19-28(20)27)31-29-11-5-3-9-25(29)26-10-4-6-12-30(26)31/h1-19H. The SMILES string of the molecule is c1ccc2cc3c(ccc4ccc(-n5c6ccccc6c6ccccc65)cc43)cc2c1. The lowest BCUT2D eigenvalue weighted by Gasteiger charge is -2.11. The molecule has 1 nitrogen and oxygen atoms in total. The lowest BCUT2D eigenvalue weighted by Crippen LogP contribution is -1.93. The Hall–Kier alpha value is -4.10. The van der Waals surface area contributed by atoms with Gasteiger partial charge >= 0.3 is 0 Å². The van der Waals surface area contributed by atoms with Gasteiger partial charge in [-0.05, 0) is 68.7 Å². The van der Waals surface area contributed by atoms with Crippen LogP contribution in [0.5, 0.6) is 0 Å². The van der Waals surface area contributed by atoms with Gasteiger partial charge in [0.15, 0.2) is 0 Å². The van der Waals surface area contributed by atoms with Crippen molar-refractivity contribution < 1.29 is 0 Å². The van der Waals surface area contributed by atoms with E-state index in [-0.39, 0.29) is 0 Å². The van der Waals surface area contributed by atoms with Crippen LogP contribution < -0.4 is 0 Å². The van der Waals surface area contributed by atoms with E-state index in [1.807, 2.05) is 0 Å². The summed E-state index contributed by atoms with van der Waals surface area (Å²) in [6, 6.07) is 41.9. The van der Waals surface area contributed by atoms with Crippen molar-refractivity contribution in [1.29, 1.82) is 0 Å². The molecular formula is C30H19N. The average molecular weight is 393 g/mol. The van der Waals surface area contributed by atoms with Gasteiger partial charge in [-0.1, -0.05) is 78.9 Å². The summed E-state index contributed by atoms with van der Waals surface area (Å²) in [5, 5.41) is 10.3. The van der Waals surface area contributed by atoms with E-state index >= 15 is 0 Å². The monoisotopic (exact) mass is 393 g/mol. The third-order valence-corrected chi connectivity index (χ3v) is 6.53. The lowest BCUT2D eigenvalue weighted by molar-refractivity contribution is 1.19. The maximum Gasteiger partial charge on any atom is 0.0541 e. The van der Waals surface area contributed by atoms with E-state index in [2.05, 4.69) is 120 Å². The number of benzene rings is 6. The first kappa shape index (κ1) is 16.7. The Balaban J connectivity index is 1.60. The van der Waals surface area contributed by atoms with Crippen LogP contribution in [0.2, 0.25) is 0 Å². The fourth-order valence-corrected chi connectivity index (χ4v) is 5.07. The molecule has 0 aliphatic carbocycles. The summed E-state index contributed by atoms with van der Waals surface area (Å²) in [6.07, 6.45) is 0. The van der Waals surface area contributed by atoms with Crippen LogP contribution in [0.3, 0.4) is 0 Å². The van der Waals surface area contributed by atoms with E-state index < -0.39 is 0 Å². The summed E-state index contributed by atoms with van der Waals surface area (Å²) in [5.41, 5.74) is 3.69. The number of hydrogen-bond acceptors (Lipinski definition) is 0. The molecule has 1 aromatic heterocycles. The maximum atomic E-state index is 2.39. The molecule has 0 amide bonds. The van der Waals surface area contributed by atoms with Crippen molar-refractivity contribution in [2.75, 3.05) is 0 Å². The van der Waals surface area contributed by atoms with Gasteiger partial charge in [0.1, 0.15) is 0 Å². The number of aromatic nitrogens is 1. The quantitative estimate of drug-likeness (QED) is 0.195. The minimum absolute atomic E-state index is 1.20. The molecule has 0 aliphatic heterocycles. The second-order valence-corrected chi connectivity index (χ2v) is 8.26. The predicted octanol–water partition coefficient (Wildman–Crippen LogP) is 8.24. The summed E-state index contributed by atoms with van der Waals surface area (Å²) < 4.78 is 2.39.